The van der Waals surface area contributed by atoms with Crippen LogP contribution in [0.5, 0.6) is 0 Å². The van der Waals surface area contributed by atoms with Crippen LogP contribution in [0.15, 0.2) is 0 Å². The number of hydrogen-bond donors (Lipinski definition) is 0. The van der Waals surface area contributed by atoms with E-state index in [4.69, 9.17) is 31.4 Å². The minimum absolute atomic E-state index is 0.288. The van der Waals surface area contributed by atoms with Crippen molar-refractivity contribution in [2.24, 2.45) is 0 Å². The number of rotatable bonds is 14. The summed E-state index contributed by atoms with van der Waals surface area (Å²) in [4.78, 5) is 0. The Hall–Kier alpha value is 1.15. The van der Waals surface area contributed by atoms with Crippen LogP contribution in [0.3, 0.4) is 0 Å². The van der Waals surface area contributed by atoms with Crippen molar-refractivity contribution in [2.75, 3.05) is 0 Å². The zero-order chi connectivity index (χ0) is 19.7. The maximum atomic E-state index is 6.64. The summed E-state index contributed by atoms with van der Waals surface area (Å²) in [6, 6.07) is 2.23. The molecular weight excluding hydrogens is 403 g/mol. The molecule has 0 bridgehead atoms. The first-order valence-corrected chi connectivity index (χ1v) is 19.9. The van der Waals surface area contributed by atoms with Crippen LogP contribution in [-0.2, 0) is 8.23 Å². The largest absolute Gasteiger partial charge is 0.437 e. The van der Waals surface area contributed by atoms with Gasteiger partial charge in [-0.3, -0.25) is 0 Å². The molecule has 0 amide bonds. The third-order valence-corrected chi connectivity index (χ3v) is 16.6. The van der Waals surface area contributed by atoms with E-state index in [0.717, 1.165) is 50.6 Å². The van der Waals surface area contributed by atoms with E-state index in [9.17, 15) is 0 Å². The Morgan fingerprint density at radius 2 is 0.960 bits per heavy atom. The Morgan fingerprint density at radius 3 is 1.24 bits per heavy atom. The van der Waals surface area contributed by atoms with Gasteiger partial charge in [0.25, 0.3) is 0 Å². The second-order valence-electron chi connectivity index (χ2n) is 8.97. The molecule has 2 atom stereocenters. The molecule has 0 radical (unpaired) electrons. The van der Waals surface area contributed by atoms with Crippen molar-refractivity contribution in [2.45, 2.75) is 114 Å². The zero-order valence-electron chi connectivity index (χ0n) is 17.9. The normalized spacial score (nSPS) is 16.1. The summed E-state index contributed by atoms with van der Waals surface area (Å²) < 4.78 is 13.3. The van der Waals surface area contributed by atoms with Gasteiger partial charge in [0, 0.05) is 10.8 Å². The molecule has 0 aliphatic rings. The fourth-order valence-electron chi connectivity index (χ4n) is 3.38. The van der Waals surface area contributed by atoms with Crippen LogP contribution in [-0.4, -0.2) is 35.9 Å². The lowest BCUT2D eigenvalue weighted by Crippen LogP contribution is -2.52. The van der Waals surface area contributed by atoms with E-state index in [0.29, 0.717) is 0 Å². The fourth-order valence-corrected chi connectivity index (χ4v) is 18.5. The van der Waals surface area contributed by atoms with Gasteiger partial charge in [0.15, 0.2) is 16.6 Å². The standard InChI is InChI=1S/C18H42Cl2O2Si3/c1-9-11-17(19)13-15-23(3,4)21-25(7,8)22-24(5,6)16-14-18(20)12-10-2/h17-18H,9-16H2,1-8H3. The Bertz CT molecular complexity index is 334. The summed E-state index contributed by atoms with van der Waals surface area (Å²) in [5.74, 6) is 0. The minimum atomic E-state index is -2.12. The first-order valence-electron chi connectivity index (χ1n) is 10.0. The minimum Gasteiger partial charge on any atom is -0.437 e. The zero-order valence-corrected chi connectivity index (χ0v) is 22.4. The van der Waals surface area contributed by atoms with Crippen molar-refractivity contribution in [1.29, 1.82) is 0 Å². The Morgan fingerprint density at radius 1 is 0.640 bits per heavy atom. The van der Waals surface area contributed by atoms with Gasteiger partial charge in [0.05, 0.1) is 0 Å². The maximum Gasteiger partial charge on any atom is 0.311 e. The lowest BCUT2D eigenvalue weighted by Gasteiger charge is -2.39. The van der Waals surface area contributed by atoms with Crippen LogP contribution in [0, 0.1) is 0 Å². The van der Waals surface area contributed by atoms with Crippen LogP contribution < -0.4 is 0 Å². The molecule has 0 heterocycles. The van der Waals surface area contributed by atoms with Gasteiger partial charge in [0.2, 0.25) is 0 Å². The van der Waals surface area contributed by atoms with Crippen LogP contribution >= 0.6 is 23.2 Å². The molecule has 0 aliphatic carbocycles. The molecule has 2 nitrogen and oxygen atoms in total. The van der Waals surface area contributed by atoms with Crippen LogP contribution in [0.1, 0.15) is 52.4 Å². The maximum absolute atomic E-state index is 6.64. The van der Waals surface area contributed by atoms with E-state index < -0.39 is 25.2 Å². The summed E-state index contributed by atoms with van der Waals surface area (Å²) >= 11 is 12.8. The smallest absolute Gasteiger partial charge is 0.311 e. The lowest BCUT2D eigenvalue weighted by molar-refractivity contribution is 0.386. The van der Waals surface area contributed by atoms with Gasteiger partial charge in [-0.25, -0.2) is 0 Å². The van der Waals surface area contributed by atoms with Crippen molar-refractivity contribution in [1.82, 2.24) is 0 Å². The van der Waals surface area contributed by atoms with Gasteiger partial charge in [-0.2, -0.15) is 0 Å². The summed E-state index contributed by atoms with van der Waals surface area (Å²) in [6.07, 6.45) is 6.62. The van der Waals surface area contributed by atoms with E-state index in [-0.39, 0.29) is 10.8 Å². The first kappa shape index (κ1) is 26.2. The van der Waals surface area contributed by atoms with Gasteiger partial charge < -0.3 is 8.23 Å². The molecule has 0 saturated heterocycles. The Balaban J connectivity index is 4.52. The number of hydrogen-bond acceptors (Lipinski definition) is 2. The van der Waals surface area contributed by atoms with Gasteiger partial charge >= 0.3 is 8.56 Å². The molecule has 0 aromatic heterocycles. The highest BCUT2D eigenvalue weighted by atomic mass is 35.5. The van der Waals surface area contributed by atoms with E-state index >= 15 is 0 Å². The van der Waals surface area contributed by atoms with Crippen molar-refractivity contribution in [3.63, 3.8) is 0 Å². The fraction of sp³-hybridized carbons (Fsp3) is 1.00. The molecular formula is C18H42Cl2O2Si3. The topological polar surface area (TPSA) is 18.5 Å². The first-order chi connectivity index (χ1) is 11.3. The third kappa shape index (κ3) is 13.9. The van der Waals surface area contributed by atoms with E-state index in [1.807, 2.05) is 0 Å². The SMILES string of the molecule is CCCC(Cl)CC[Si](C)(C)O[Si](C)(C)O[Si](C)(C)CCC(Cl)CCC. The molecule has 0 N–H and O–H groups in total. The molecule has 152 valence electrons. The van der Waals surface area contributed by atoms with Crippen molar-refractivity contribution < 1.29 is 8.23 Å². The summed E-state index contributed by atoms with van der Waals surface area (Å²) in [6.45, 7) is 18.1. The monoisotopic (exact) mass is 444 g/mol. The summed E-state index contributed by atoms with van der Waals surface area (Å²) in [7, 11) is -5.60. The van der Waals surface area contributed by atoms with Crippen LogP contribution in [0.2, 0.25) is 51.4 Å². The predicted octanol–water partition coefficient (Wildman–Crippen LogP) is 7.73. The molecule has 0 fully saturated rings. The number of halogens is 2. The average molecular weight is 446 g/mol. The molecule has 0 aromatic carbocycles. The molecule has 25 heavy (non-hydrogen) atoms. The average Bonchev–Trinajstić information content (AvgIpc) is 2.41. The van der Waals surface area contributed by atoms with E-state index in [1.165, 1.54) is 0 Å². The van der Waals surface area contributed by atoms with Crippen molar-refractivity contribution in [3.05, 3.63) is 0 Å². The number of alkyl halides is 2. The second-order valence-corrected chi connectivity index (χ2v) is 22.7. The van der Waals surface area contributed by atoms with Gasteiger partial charge in [-0.15, -0.1) is 23.2 Å². The highest BCUT2D eigenvalue weighted by Crippen LogP contribution is 2.28. The van der Waals surface area contributed by atoms with Gasteiger partial charge in [-0.05, 0) is 77.1 Å². The molecule has 0 rings (SSSR count). The van der Waals surface area contributed by atoms with E-state index in [2.05, 4.69) is 53.1 Å². The second kappa shape index (κ2) is 11.9. The predicted molar refractivity (Wildman–Crippen MR) is 123 cm³/mol. The molecule has 2 unspecified atom stereocenters. The Kier molecular flexibility index (Phi) is 12.4. The molecule has 0 spiro atoms. The summed E-state index contributed by atoms with van der Waals surface area (Å²) in [5, 5.41) is 0.576. The molecule has 0 aromatic rings. The highest BCUT2D eigenvalue weighted by Gasteiger charge is 2.39. The quantitative estimate of drug-likeness (QED) is 0.201. The molecule has 7 heteroatoms. The molecule has 0 saturated carbocycles. The molecule has 0 aliphatic heterocycles. The van der Waals surface area contributed by atoms with Crippen molar-refractivity contribution >= 4 is 48.4 Å². The van der Waals surface area contributed by atoms with Gasteiger partial charge in [-0.1, -0.05) is 26.7 Å². The van der Waals surface area contributed by atoms with Crippen LogP contribution in [0.4, 0.5) is 0 Å². The Labute approximate surface area is 170 Å². The summed E-state index contributed by atoms with van der Waals surface area (Å²) in [5.41, 5.74) is 0. The highest BCUT2D eigenvalue weighted by molar-refractivity contribution is 6.87. The van der Waals surface area contributed by atoms with Crippen LogP contribution in [0.25, 0.3) is 0 Å². The lowest BCUT2D eigenvalue weighted by atomic mass is 10.2. The van der Waals surface area contributed by atoms with Crippen molar-refractivity contribution in [3.8, 4) is 0 Å². The van der Waals surface area contributed by atoms with E-state index in [1.54, 1.807) is 0 Å². The third-order valence-electron chi connectivity index (χ3n) is 4.37. The van der Waals surface area contributed by atoms with Gasteiger partial charge in [0.1, 0.15) is 0 Å².